The largest absolute Gasteiger partial charge is 0.381 e. The maximum absolute atomic E-state index is 6.12. The van der Waals surface area contributed by atoms with Gasteiger partial charge in [-0.25, -0.2) is 0 Å². The molecule has 1 aromatic rings. The fraction of sp³-hybridized carbons (Fsp3) is 0.875. The summed E-state index contributed by atoms with van der Waals surface area (Å²) in [7, 11) is 4.20. The van der Waals surface area contributed by atoms with Crippen molar-refractivity contribution in [3.8, 4) is 0 Å². The highest BCUT2D eigenvalue weighted by atomic mass is 16.5. The Bertz CT molecular complexity index is 602. The summed E-state index contributed by atoms with van der Waals surface area (Å²) >= 11 is 0. The van der Waals surface area contributed by atoms with E-state index < -0.39 is 0 Å². The molecule has 0 bridgehead atoms. The minimum absolute atomic E-state index is 0.540. The van der Waals surface area contributed by atoms with Crippen LogP contribution in [-0.4, -0.2) is 68.7 Å². The van der Waals surface area contributed by atoms with Crippen LogP contribution >= 0.6 is 0 Å². The first-order valence-electron chi connectivity index (χ1n) is 12.2. The molecular formula is C24H42N4O2. The van der Waals surface area contributed by atoms with Crippen molar-refractivity contribution in [2.24, 2.45) is 23.7 Å². The maximum Gasteiger partial charge on any atom is 0.0535 e. The molecule has 1 heterocycles. The number of H-pyrrole nitrogens is 1. The van der Waals surface area contributed by atoms with Crippen LogP contribution in [0, 0.1) is 23.7 Å². The molecule has 3 aliphatic rings. The summed E-state index contributed by atoms with van der Waals surface area (Å²) in [4.78, 5) is 2.38. The van der Waals surface area contributed by atoms with Gasteiger partial charge in [-0.3, -0.25) is 5.10 Å². The highest BCUT2D eigenvalue weighted by molar-refractivity contribution is 5.21. The summed E-state index contributed by atoms with van der Waals surface area (Å²) in [6.45, 7) is 6.77. The van der Waals surface area contributed by atoms with E-state index in [-0.39, 0.29) is 0 Å². The highest BCUT2D eigenvalue weighted by Gasteiger charge is 2.33. The summed E-state index contributed by atoms with van der Waals surface area (Å²) in [6.07, 6.45) is 11.2. The van der Waals surface area contributed by atoms with Gasteiger partial charge in [0.25, 0.3) is 0 Å². The first-order valence-corrected chi connectivity index (χ1v) is 12.2. The Morgan fingerprint density at radius 2 is 1.57 bits per heavy atom. The van der Waals surface area contributed by atoms with E-state index in [9.17, 15) is 0 Å². The van der Waals surface area contributed by atoms with Crippen molar-refractivity contribution in [2.75, 3.05) is 53.6 Å². The SMILES string of the molecule is CNCCN(C)Cc1cn[nH]c1C1CC(COCC2CC2)CC(COCC2CC2)C1. The zero-order chi connectivity index (χ0) is 20.8. The molecule has 0 saturated heterocycles. The molecule has 6 heteroatoms. The third kappa shape index (κ3) is 7.04. The maximum atomic E-state index is 6.12. The smallest absolute Gasteiger partial charge is 0.0535 e. The lowest BCUT2D eigenvalue weighted by Crippen LogP contribution is -2.30. The summed E-state index contributed by atoms with van der Waals surface area (Å²) in [5.41, 5.74) is 2.71. The summed E-state index contributed by atoms with van der Waals surface area (Å²) in [5, 5.41) is 11.0. The number of aromatic nitrogens is 2. The van der Waals surface area contributed by atoms with E-state index in [0.29, 0.717) is 17.8 Å². The Labute approximate surface area is 182 Å². The zero-order valence-corrected chi connectivity index (χ0v) is 19.1. The fourth-order valence-electron chi connectivity index (χ4n) is 4.92. The van der Waals surface area contributed by atoms with Crippen molar-refractivity contribution >= 4 is 0 Å². The van der Waals surface area contributed by atoms with Crippen molar-refractivity contribution in [1.29, 1.82) is 0 Å². The second-order valence-corrected chi connectivity index (χ2v) is 10.2. The molecule has 0 aliphatic heterocycles. The van der Waals surface area contributed by atoms with Crippen molar-refractivity contribution in [1.82, 2.24) is 20.4 Å². The van der Waals surface area contributed by atoms with E-state index in [1.807, 2.05) is 13.2 Å². The van der Waals surface area contributed by atoms with Gasteiger partial charge in [-0.1, -0.05) is 0 Å². The average Bonchev–Trinajstić information content (AvgIpc) is 3.67. The van der Waals surface area contributed by atoms with E-state index in [4.69, 9.17) is 9.47 Å². The Hall–Kier alpha value is -0.950. The van der Waals surface area contributed by atoms with Crippen LogP contribution in [0.15, 0.2) is 6.20 Å². The van der Waals surface area contributed by atoms with E-state index in [0.717, 1.165) is 57.9 Å². The zero-order valence-electron chi connectivity index (χ0n) is 19.1. The van der Waals surface area contributed by atoms with E-state index >= 15 is 0 Å². The molecule has 30 heavy (non-hydrogen) atoms. The van der Waals surface area contributed by atoms with E-state index in [1.165, 1.54) is 56.2 Å². The number of hydrogen-bond acceptors (Lipinski definition) is 5. The second-order valence-electron chi connectivity index (χ2n) is 10.2. The molecule has 170 valence electrons. The van der Waals surface area contributed by atoms with Crippen molar-refractivity contribution in [3.05, 3.63) is 17.5 Å². The van der Waals surface area contributed by atoms with Gasteiger partial charge in [0.2, 0.25) is 0 Å². The molecule has 6 nitrogen and oxygen atoms in total. The van der Waals surface area contributed by atoms with Gasteiger partial charge in [-0.2, -0.15) is 5.10 Å². The highest BCUT2D eigenvalue weighted by Crippen LogP contribution is 2.41. The predicted octanol–water partition coefficient (Wildman–Crippen LogP) is 3.41. The minimum atomic E-state index is 0.540. The third-order valence-electron chi connectivity index (χ3n) is 7.05. The van der Waals surface area contributed by atoms with Gasteiger partial charge in [0, 0.05) is 63.2 Å². The van der Waals surface area contributed by atoms with Gasteiger partial charge >= 0.3 is 0 Å². The molecule has 3 fully saturated rings. The van der Waals surface area contributed by atoms with Crippen molar-refractivity contribution in [2.45, 2.75) is 57.4 Å². The molecule has 0 spiro atoms. The third-order valence-corrected chi connectivity index (χ3v) is 7.05. The summed E-state index contributed by atoms with van der Waals surface area (Å²) in [5.74, 6) is 3.49. The van der Waals surface area contributed by atoms with Crippen LogP contribution < -0.4 is 5.32 Å². The Morgan fingerprint density at radius 3 is 2.13 bits per heavy atom. The summed E-state index contributed by atoms with van der Waals surface area (Å²) < 4.78 is 12.2. The lowest BCUT2D eigenvalue weighted by Gasteiger charge is -2.35. The molecule has 2 atom stereocenters. The van der Waals surface area contributed by atoms with Crippen LogP contribution in [0.5, 0.6) is 0 Å². The van der Waals surface area contributed by atoms with Crippen LogP contribution in [0.1, 0.15) is 62.1 Å². The number of rotatable bonds is 14. The molecule has 2 N–H and O–H groups in total. The average molecular weight is 419 g/mol. The Kier molecular flexibility index (Phi) is 8.21. The predicted molar refractivity (Wildman–Crippen MR) is 120 cm³/mol. The molecule has 0 amide bonds. The molecule has 2 unspecified atom stereocenters. The number of nitrogens with zero attached hydrogens (tertiary/aromatic N) is 2. The second kappa shape index (κ2) is 11.1. The molecule has 3 aliphatic carbocycles. The van der Waals surface area contributed by atoms with Crippen LogP contribution in [0.4, 0.5) is 0 Å². The van der Waals surface area contributed by atoms with Gasteiger partial charge in [0.15, 0.2) is 0 Å². The molecular weight excluding hydrogens is 376 g/mol. The van der Waals surface area contributed by atoms with Crippen molar-refractivity contribution < 1.29 is 9.47 Å². The Balaban J connectivity index is 1.34. The monoisotopic (exact) mass is 418 g/mol. The van der Waals surface area contributed by atoms with Gasteiger partial charge in [0.05, 0.1) is 6.20 Å². The topological polar surface area (TPSA) is 62.4 Å². The fourth-order valence-corrected chi connectivity index (χ4v) is 4.92. The first kappa shape index (κ1) is 22.3. The Morgan fingerprint density at radius 1 is 0.967 bits per heavy atom. The molecule has 1 aromatic heterocycles. The van der Waals surface area contributed by atoms with Crippen LogP contribution in [0.3, 0.4) is 0 Å². The lowest BCUT2D eigenvalue weighted by atomic mass is 9.74. The lowest BCUT2D eigenvalue weighted by molar-refractivity contribution is 0.0305. The number of likely N-dealkylation sites (N-methyl/N-ethyl adjacent to an activating group) is 2. The van der Waals surface area contributed by atoms with Crippen molar-refractivity contribution in [3.63, 3.8) is 0 Å². The number of hydrogen-bond donors (Lipinski definition) is 2. The first-order chi connectivity index (χ1) is 14.7. The number of nitrogens with one attached hydrogen (secondary N) is 2. The van der Waals surface area contributed by atoms with Gasteiger partial charge in [-0.05, 0) is 82.7 Å². The standard InChI is InChI=1S/C24H42N4O2/c1-25-7-8-28(2)13-23-12-26-27-24(23)22-10-20(16-29-14-18-3-4-18)9-21(11-22)17-30-15-19-5-6-19/h12,18-22,25H,3-11,13-17H2,1-2H3,(H,26,27). The van der Waals surface area contributed by atoms with Gasteiger partial charge in [0.1, 0.15) is 0 Å². The summed E-state index contributed by atoms with van der Waals surface area (Å²) in [6, 6.07) is 0. The van der Waals surface area contributed by atoms with Crippen LogP contribution in [0.25, 0.3) is 0 Å². The van der Waals surface area contributed by atoms with Gasteiger partial charge < -0.3 is 19.7 Å². The number of aromatic amines is 1. The minimum Gasteiger partial charge on any atom is -0.381 e. The number of ether oxygens (including phenoxy) is 2. The van der Waals surface area contributed by atoms with Crippen LogP contribution in [-0.2, 0) is 16.0 Å². The molecule has 0 radical (unpaired) electrons. The molecule has 4 rings (SSSR count). The normalized spacial score (nSPS) is 27.1. The van der Waals surface area contributed by atoms with Gasteiger partial charge in [-0.15, -0.1) is 0 Å². The quantitative estimate of drug-likeness (QED) is 0.485. The van der Waals surface area contributed by atoms with E-state index in [1.54, 1.807) is 0 Å². The van der Waals surface area contributed by atoms with E-state index in [2.05, 4.69) is 27.5 Å². The molecule has 3 saturated carbocycles. The molecule has 0 aromatic carbocycles. The van der Waals surface area contributed by atoms with Crippen LogP contribution in [0.2, 0.25) is 0 Å².